The molecule has 1 atom stereocenters. The van der Waals surface area contributed by atoms with Gasteiger partial charge in [-0.3, -0.25) is 9.59 Å². The SMILES string of the molecule is Cn1c(=O)c(C(=O)N2CCN[C@H](c3ccccc3)C2)cc2ccccc21. The van der Waals surface area contributed by atoms with Gasteiger partial charge in [0.1, 0.15) is 5.56 Å². The molecule has 0 spiro atoms. The Morgan fingerprint density at radius 1 is 1.08 bits per heavy atom. The van der Waals surface area contributed by atoms with E-state index in [-0.39, 0.29) is 23.1 Å². The summed E-state index contributed by atoms with van der Waals surface area (Å²) >= 11 is 0. The first-order valence-corrected chi connectivity index (χ1v) is 8.81. The first-order chi connectivity index (χ1) is 12.6. The number of nitrogens with zero attached hydrogens (tertiary/aromatic N) is 2. The quantitative estimate of drug-likeness (QED) is 0.774. The number of aromatic nitrogens is 1. The molecule has 3 aromatic rings. The minimum absolute atomic E-state index is 0.0817. The van der Waals surface area contributed by atoms with Crippen LogP contribution in [-0.2, 0) is 7.05 Å². The van der Waals surface area contributed by atoms with Crippen molar-refractivity contribution in [2.75, 3.05) is 19.6 Å². The summed E-state index contributed by atoms with van der Waals surface area (Å²) < 4.78 is 1.56. The number of fused-ring (bicyclic) bond motifs is 1. The molecule has 2 aromatic carbocycles. The average molecular weight is 347 g/mol. The van der Waals surface area contributed by atoms with Gasteiger partial charge in [0.05, 0.1) is 5.52 Å². The van der Waals surface area contributed by atoms with Gasteiger partial charge in [0, 0.05) is 32.7 Å². The Labute approximate surface area is 151 Å². The van der Waals surface area contributed by atoms with E-state index in [2.05, 4.69) is 17.4 Å². The predicted octanol–water partition coefficient (Wildman–Crippen LogP) is 2.33. The Bertz CT molecular complexity index is 1010. The highest BCUT2D eigenvalue weighted by Gasteiger charge is 2.27. The van der Waals surface area contributed by atoms with Gasteiger partial charge in [0.2, 0.25) is 0 Å². The summed E-state index contributed by atoms with van der Waals surface area (Å²) in [6, 6.07) is 19.5. The number of amides is 1. The molecule has 0 unspecified atom stereocenters. The highest BCUT2D eigenvalue weighted by Crippen LogP contribution is 2.19. The third-order valence-corrected chi connectivity index (χ3v) is 5.03. The lowest BCUT2D eigenvalue weighted by Gasteiger charge is -2.34. The van der Waals surface area contributed by atoms with Crippen molar-refractivity contribution >= 4 is 16.8 Å². The number of benzene rings is 2. The number of hydrogen-bond acceptors (Lipinski definition) is 3. The maximum atomic E-state index is 13.1. The summed E-state index contributed by atoms with van der Waals surface area (Å²) in [4.78, 5) is 27.6. The van der Waals surface area contributed by atoms with E-state index in [1.807, 2.05) is 42.5 Å². The molecule has 4 rings (SSSR count). The summed E-state index contributed by atoms with van der Waals surface area (Å²) in [5.74, 6) is -0.196. The molecule has 0 aliphatic carbocycles. The number of rotatable bonds is 2. The molecule has 1 saturated heterocycles. The van der Waals surface area contributed by atoms with E-state index in [4.69, 9.17) is 0 Å². The smallest absolute Gasteiger partial charge is 0.263 e. The van der Waals surface area contributed by atoms with Gasteiger partial charge in [0.15, 0.2) is 0 Å². The topological polar surface area (TPSA) is 54.3 Å². The number of piperazine rings is 1. The van der Waals surface area contributed by atoms with E-state index in [1.165, 1.54) is 0 Å². The Balaban J connectivity index is 1.66. The number of carbonyl (C=O) groups is 1. The van der Waals surface area contributed by atoms with Crippen LogP contribution in [0.15, 0.2) is 65.5 Å². The van der Waals surface area contributed by atoms with Crippen LogP contribution in [0.4, 0.5) is 0 Å². The molecule has 1 fully saturated rings. The summed E-state index contributed by atoms with van der Waals surface area (Å²) in [5, 5.41) is 4.35. The molecular weight excluding hydrogens is 326 g/mol. The van der Waals surface area contributed by atoms with Crippen molar-refractivity contribution in [1.82, 2.24) is 14.8 Å². The highest BCUT2D eigenvalue weighted by atomic mass is 16.2. The Kier molecular flexibility index (Phi) is 4.31. The van der Waals surface area contributed by atoms with Gasteiger partial charge in [-0.2, -0.15) is 0 Å². The lowest BCUT2D eigenvalue weighted by Crippen LogP contribution is -2.49. The second-order valence-electron chi connectivity index (χ2n) is 6.65. The lowest BCUT2D eigenvalue weighted by molar-refractivity contribution is 0.0701. The molecule has 2 heterocycles. The first-order valence-electron chi connectivity index (χ1n) is 8.81. The van der Waals surface area contributed by atoms with Crippen molar-refractivity contribution < 1.29 is 4.79 Å². The van der Waals surface area contributed by atoms with Crippen LogP contribution in [0.3, 0.4) is 0 Å². The molecule has 5 nitrogen and oxygen atoms in total. The normalized spacial score (nSPS) is 17.4. The second-order valence-corrected chi connectivity index (χ2v) is 6.65. The fraction of sp³-hybridized carbons (Fsp3) is 0.238. The molecule has 0 saturated carbocycles. The van der Waals surface area contributed by atoms with Crippen molar-refractivity contribution in [2.24, 2.45) is 7.05 Å². The molecule has 1 aromatic heterocycles. The fourth-order valence-corrected chi connectivity index (χ4v) is 3.59. The number of carbonyl (C=O) groups excluding carboxylic acids is 1. The number of nitrogens with one attached hydrogen (secondary N) is 1. The monoisotopic (exact) mass is 347 g/mol. The van der Waals surface area contributed by atoms with Crippen LogP contribution in [0.1, 0.15) is 22.0 Å². The zero-order chi connectivity index (χ0) is 18.1. The van der Waals surface area contributed by atoms with Crippen LogP contribution in [0, 0.1) is 0 Å². The summed E-state index contributed by atoms with van der Waals surface area (Å²) in [6.07, 6.45) is 0. The summed E-state index contributed by atoms with van der Waals surface area (Å²) in [7, 11) is 1.71. The molecule has 0 radical (unpaired) electrons. The van der Waals surface area contributed by atoms with Gasteiger partial charge in [-0.15, -0.1) is 0 Å². The second kappa shape index (κ2) is 6.77. The van der Waals surface area contributed by atoms with Crippen LogP contribution in [-0.4, -0.2) is 35.0 Å². The maximum absolute atomic E-state index is 13.1. The first kappa shape index (κ1) is 16.5. The molecule has 1 aliphatic rings. The van der Waals surface area contributed by atoms with Crippen molar-refractivity contribution in [3.05, 3.63) is 82.1 Å². The third kappa shape index (κ3) is 2.91. The molecule has 1 amide bonds. The minimum Gasteiger partial charge on any atom is -0.335 e. The van der Waals surface area contributed by atoms with Crippen LogP contribution in [0.25, 0.3) is 10.9 Å². The van der Waals surface area contributed by atoms with Gasteiger partial charge in [-0.25, -0.2) is 0 Å². The molecule has 26 heavy (non-hydrogen) atoms. The Hall–Kier alpha value is -2.92. The fourth-order valence-electron chi connectivity index (χ4n) is 3.59. The molecule has 0 bridgehead atoms. The maximum Gasteiger partial charge on any atom is 0.263 e. The van der Waals surface area contributed by atoms with E-state index in [9.17, 15) is 9.59 Å². The van der Waals surface area contributed by atoms with E-state index < -0.39 is 0 Å². The van der Waals surface area contributed by atoms with Crippen molar-refractivity contribution in [1.29, 1.82) is 0 Å². The van der Waals surface area contributed by atoms with Crippen LogP contribution < -0.4 is 10.9 Å². The van der Waals surface area contributed by atoms with Crippen molar-refractivity contribution in [2.45, 2.75) is 6.04 Å². The number of aryl methyl sites for hydroxylation is 1. The molecule has 1 N–H and O–H groups in total. The zero-order valence-electron chi connectivity index (χ0n) is 14.7. The largest absolute Gasteiger partial charge is 0.335 e. The Morgan fingerprint density at radius 3 is 2.62 bits per heavy atom. The average Bonchev–Trinajstić information content (AvgIpc) is 2.71. The third-order valence-electron chi connectivity index (χ3n) is 5.03. The molecular formula is C21H21N3O2. The number of pyridine rings is 1. The van der Waals surface area contributed by atoms with Gasteiger partial charge < -0.3 is 14.8 Å². The van der Waals surface area contributed by atoms with Crippen molar-refractivity contribution in [3.63, 3.8) is 0 Å². The van der Waals surface area contributed by atoms with Crippen LogP contribution in [0.5, 0.6) is 0 Å². The van der Waals surface area contributed by atoms with Crippen molar-refractivity contribution in [3.8, 4) is 0 Å². The van der Waals surface area contributed by atoms with Crippen LogP contribution >= 0.6 is 0 Å². The van der Waals surface area contributed by atoms with E-state index in [0.717, 1.165) is 16.5 Å². The van der Waals surface area contributed by atoms with Gasteiger partial charge in [-0.1, -0.05) is 48.5 Å². The van der Waals surface area contributed by atoms with E-state index >= 15 is 0 Å². The zero-order valence-corrected chi connectivity index (χ0v) is 14.7. The lowest BCUT2D eigenvalue weighted by atomic mass is 10.0. The minimum atomic E-state index is -0.247. The highest BCUT2D eigenvalue weighted by molar-refractivity contribution is 5.97. The summed E-state index contributed by atoms with van der Waals surface area (Å²) in [6.45, 7) is 1.86. The Morgan fingerprint density at radius 2 is 1.81 bits per heavy atom. The van der Waals surface area contributed by atoms with E-state index in [0.29, 0.717) is 19.6 Å². The summed E-state index contributed by atoms with van der Waals surface area (Å²) in [5.41, 5.74) is 1.97. The predicted molar refractivity (Wildman–Crippen MR) is 102 cm³/mol. The van der Waals surface area contributed by atoms with Gasteiger partial charge in [-0.05, 0) is 23.1 Å². The standard InChI is InChI=1S/C21H21N3O2/c1-23-19-10-6-5-9-16(19)13-17(20(23)25)21(26)24-12-11-22-18(14-24)15-7-3-2-4-8-15/h2-10,13,18,22H,11-12,14H2,1H3/t18-/m0/s1. The molecule has 132 valence electrons. The van der Waals surface area contributed by atoms with Gasteiger partial charge in [0.25, 0.3) is 11.5 Å². The number of para-hydroxylation sites is 1. The van der Waals surface area contributed by atoms with Gasteiger partial charge >= 0.3 is 0 Å². The van der Waals surface area contributed by atoms with E-state index in [1.54, 1.807) is 22.6 Å². The molecule has 1 aliphatic heterocycles. The number of hydrogen-bond donors (Lipinski definition) is 1. The van der Waals surface area contributed by atoms with Crippen LogP contribution in [0.2, 0.25) is 0 Å². The molecule has 5 heteroatoms.